The van der Waals surface area contributed by atoms with Crippen LogP contribution in [-0.4, -0.2) is 58.7 Å². The molecule has 220 valence electrons. The molecule has 7 rings (SSSR count). The average molecular weight is 580 g/mol. The van der Waals surface area contributed by atoms with E-state index in [1.54, 1.807) is 35.4 Å². The summed E-state index contributed by atoms with van der Waals surface area (Å²) >= 11 is 0. The van der Waals surface area contributed by atoms with Gasteiger partial charge in [0.25, 0.3) is 11.8 Å². The molecule has 0 aliphatic carbocycles. The highest BCUT2D eigenvalue weighted by molar-refractivity contribution is 6.10. The van der Waals surface area contributed by atoms with Crippen LogP contribution < -0.4 is 15.1 Å². The summed E-state index contributed by atoms with van der Waals surface area (Å²) in [6, 6.07) is 13.5. The van der Waals surface area contributed by atoms with Gasteiger partial charge in [0.1, 0.15) is 12.0 Å². The summed E-state index contributed by atoms with van der Waals surface area (Å²) < 4.78 is 14.0. The molecule has 3 aromatic rings. The second-order valence-corrected chi connectivity index (χ2v) is 12.0. The number of aliphatic hydroxyl groups is 1. The minimum Gasteiger partial charge on any atom is -0.370 e. The van der Waals surface area contributed by atoms with Gasteiger partial charge in [0, 0.05) is 60.9 Å². The fourth-order valence-corrected chi connectivity index (χ4v) is 7.12. The number of pyridine rings is 1. The van der Waals surface area contributed by atoms with Gasteiger partial charge >= 0.3 is 0 Å². The number of anilines is 3. The van der Waals surface area contributed by atoms with Crippen molar-refractivity contribution in [1.29, 1.82) is 0 Å². The highest BCUT2D eigenvalue weighted by Gasteiger charge is 2.40. The summed E-state index contributed by atoms with van der Waals surface area (Å²) in [5.74, 6) is -0.234. The molecule has 8 nitrogen and oxygen atoms in total. The van der Waals surface area contributed by atoms with Gasteiger partial charge in [0.05, 0.1) is 16.9 Å². The number of fused-ring (bicyclic) bond motifs is 5. The Hall–Kier alpha value is -4.50. The number of benzene rings is 2. The van der Waals surface area contributed by atoms with Gasteiger partial charge in [-0.15, -0.1) is 0 Å². The number of carbonyl (C=O) groups is 2. The molecule has 0 saturated carbocycles. The second-order valence-electron chi connectivity index (χ2n) is 12.0. The first-order valence-corrected chi connectivity index (χ1v) is 14.9. The van der Waals surface area contributed by atoms with Crippen LogP contribution in [0.4, 0.5) is 21.5 Å². The van der Waals surface area contributed by atoms with Crippen molar-refractivity contribution in [3.8, 4) is 0 Å². The number of nitrogens with zero attached hydrogens (tertiary/aromatic N) is 4. The van der Waals surface area contributed by atoms with Gasteiger partial charge in [0.15, 0.2) is 0 Å². The molecule has 0 spiro atoms. The summed E-state index contributed by atoms with van der Waals surface area (Å²) in [4.78, 5) is 37.6. The second kappa shape index (κ2) is 11.0. The maximum Gasteiger partial charge on any atom is 0.258 e. The summed E-state index contributed by atoms with van der Waals surface area (Å²) in [6.45, 7) is 4.25. The van der Waals surface area contributed by atoms with Gasteiger partial charge in [-0.25, -0.2) is 4.39 Å². The lowest BCUT2D eigenvalue weighted by atomic mass is 9.81. The highest BCUT2D eigenvalue weighted by Crippen LogP contribution is 2.41. The predicted molar refractivity (Wildman–Crippen MR) is 163 cm³/mol. The molecule has 9 heteroatoms. The zero-order chi connectivity index (χ0) is 29.7. The van der Waals surface area contributed by atoms with Crippen LogP contribution in [0.1, 0.15) is 46.0 Å². The minimum absolute atomic E-state index is 0.0591. The third-order valence-electron chi connectivity index (χ3n) is 9.16. The third-order valence-corrected chi connectivity index (χ3v) is 9.16. The predicted octanol–water partition coefficient (Wildman–Crippen LogP) is 4.98. The van der Waals surface area contributed by atoms with Crippen molar-refractivity contribution in [2.45, 2.75) is 38.5 Å². The molecular weight excluding hydrogens is 545 g/mol. The van der Waals surface area contributed by atoms with Crippen LogP contribution in [0.25, 0.3) is 0 Å². The van der Waals surface area contributed by atoms with Crippen LogP contribution in [0.2, 0.25) is 0 Å². The molecule has 4 aliphatic heterocycles. The summed E-state index contributed by atoms with van der Waals surface area (Å²) in [6.07, 6.45) is 10.8. The van der Waals surface area contributed by atoms with Crippen molar-refractivity contribution in [3.63, 3.8) is 0 Å². The smallest absolute Gasteiger partial charge is 0.258 e. The van der Waals surface area contributed by atoms with E-state index in [-0.39, 0.29) is 29.6 Å². The number of hydrogen-bond donors (Lipinski definition) is 2. The van der Waals surface area contributed by atoms with E-state index in [0.29, 0.717) is 29.2 Å². The van der Waals surface area contributed by atoms with Crippen molar-refractivity contribution in [2.24, 2.45) is 11.8 Å². The third kappa shape index (κ3) is 5.07. The van der Waals surface area contributed by atoms with E-state index in [4.69, 9.17) is 0 Å². The van der Waals surface area contributed by atoms with Gasteiger partial charge < -0.3 is 25.1 Å². The fraction of sp³-hybridized carbons (Fsp3) is 0.324. The van der Waals surface area contributed by atoms with Gasteiger partial charge in [-0.05, 0) is 98.4 Å². The van der Waals surface area contributed by atoms with E-state index < -0.39 is 6.23 Å². The van der Waals surface area contributed by atoms with Gasteiger partial charge in [0.2, 0.25) is 0 Å². The molecule has 1 aromatic heterocycles. The zero-order valence-electron chi connectivity index (χ0n) is 24.0. The molecular formula is C34H34FN5O3. The summed E-state index contributed by atoms with van der Waals surface area (Å²) in [7, 11) is 0. The molecule has 2 fully saturated rings. The lowest BCUT2D eigenvalue weighted by molar-refractivity contribution is 0.0193. The summed E-state index contributed by atoms with van der Waals surface area (Å²) in [5, 5.41) is 13.6. The Kier molecular flexibility index (Phi) is 6.97. The van der Waals surface area contributed by atoms with E-state index in [2.05, 4.69) is 26.2 Å². The normalized spacial score (nSPS) is 24.2. The topological polar surface area (TPSA) is 89.0 Å². The number of allylic oxidation sites excluding steroid dienone is 2. The first kappa shape index (κ1) is 27.3. The molecule has 4 atom stereocenters. The van der Waals surface area contributed by atoms with Crippen molar-refractivity contribution in [2.75, 3.05) is 34.8 Å². The van der Waals surface area contributed by atoms with Crippen LogP contribution in [0, 0.1) is 17.7 Å². The lowest BCUT2D eigenvalue weighted by Crippen LogP contribution is -2.54. The van der Waals surface area contributed by atoms with Gasteiger partial charge in [-0.3, -0.25) is 14.6 Å². The maximum absolute atomic E-state index is 14.1. The lowest BCUT2D eigenvalue weighted by Gasteiger charge is -2.50. The number of aryl methyl sites for hydroxylation is 1. The maximum atomic E-state index is 14.1. The van der Waals surface area contributed by atoms with Crippen LogP contribution in [0.15, 0.2) is 84.8 Å². The van der Waals surface area contributed by atoms with Gasteiger partial charge in [-0.1, -0.05) is 6.08 Å². The SMILES string of the molecule is CC1CCc2cc(F)ccc2N1C(=O)c1ccc(N2CC3CC(C2)C2=CC=CC(O)N2C3)c(NC(=O)c2cccnc2)c1. The quantitative estimate of drug-likeness (QED) is 0.453. The first-order chi connectivity index (χ1) is 20.9. The molecule has 2 aromatic carbocycles. The number of piperidine rings is 2. The Balaban J connectivity index is 1.24. The van der Waals surface area contributed by atoms with Crippen molar-refractivity contribution in [1.82, 2.24) is 9.88 Å². The Labute approximate surface area is 250 Å². The van der Waals surface area contributed by atoms with Crippen LogP contribution in [0.3, 0.4) is 0 Å². The number of rotatable bonds is 4. The van der Waals surface area contributed by atoms with E-state index in [1.807, 2.05) is 31.2 Å². The van der Waals surface area contributed by atoms with Crippen molar-refractivity contribution < 1.29 is 19.1 Å². The Morgan fingerprint density at radius 3 is 2.74 bits per heavy atom. The van der Waals surface area contributed by atoms with E-state index >= 15 is 0 Å². The highest BCUT2D eigenvalue weighted by atomic mass is 19.1. The average Bonchev–Trinajstić information content (AvgIpc) is 3.01. The van der Waals surface area contributed by atoms with Crippen LogP contribution in [-0.2, 0) is 6.42 Å². The largest absolute Gasteiger partial charge is 0.370 e. The number of halogens is 1. The van der Waals surface area contributed by atoms with Crippen LogP contribution in [0.5, 0.6) is 0 Å². The number of amides is 2. The molecule has 2 saturated heterocycles. The minimum atomic E-state index is -0.602. The molecule has 0 radical (unpaired) electrons. The Morgan fingerprint density at radius 2 is 1.91 bits per heavy atom. The first-order valence-electron chi connectivity index (χ1n) is 14.9. The molecule has 4 unspecified atom stereocenters. The number of hydrogen-bond acceptors (Lipinski definition) is 6. The standard InChI is InChI=1S/C34H34FN5O3/c1-21-7-8-23-15-27(35)10-12-30(23)40(21)34(43)24-9-11-31(28(16-24)37-33(42)25-4-3-13-36-17-25)38-18-22-14-26(20-38)29-5-2-6-32(41)39(29)19-22/h2-6,9-13,15-17,21-22,26,32,41H,7-8,14,18-20H2,1H3,(H,37,42). The van der Waals surface area contributed by atoms with E-state index in [9.17, 15) is 19.1 Å². The molecule has 43 heavy (non-hydrogen) atoms. The number of nitrogens with one attached hydrogen (secondary N) is 1. The molecule has 2 amide bonds. The summed E-state index contributed by atoms with van der Waals surface area (Å²) in [5.41, 5.74) is 4.94. The van der Waals surface area contributed by atoms with Crippen molar-refractivity contribution >= 4 is 28.9 Å². The Morgan fingerprint density at radius 1 is 1.05 bits per heavy atom. The van der Waals surface area contributed by atoms with Crippen LogP contribution >= 0.6 is 0 Å². The number of aliphatic hydroxyl groups excluding tert-OH is 1. The number of aromatic nitrogens is 1. The monoisotopic (exact) mass is 579 g/mol. The number of carbonyl (C=O) groups excluding carboxylic acids is 2. The fourth-order valence-electron chi connectivity index (χ4n) is 7.12. The molecule has 4 aliphatic rings. The molecule has 5 heterocycles. The van der Waals surface area contributed by atoms with E-state index in [0.717, 1.165) is 55.1 Å². The Bertz CT molecular complexity index is 1640. The van der Waals surface area contributed by atoms with Crippen molar-refractivity contribution in [3.05, 3.63) is 107 Å². The van der Waals surface area contributed by atoms with E-state index in [1.165, 1.54) is 18.3 Å². The molecule has 2 bridgehead atoms. The van der Waals surface area contributed by atoms with Gasteiger partial charge in [-0.2, -0.15) is 0 Å². The molecule has 2 N–H and O–H groups in total. The zero-order valence-corrected chi connectivity index (χ0v) is 24.0.